The molecule has 1 aliphatic rings. The number of nitrogen functional groups attached to an aromatic ring is 1. The van der Waals surface area contributed by atoms with Gasteiger partial charge in [0, 0.05) is 17.4 Å². The van der Waals surface area contributed by atoms with Crippen molar-refractivity contribution < 1.29 is 0 Å². The van der Waals surface area contributed by atoms with Gasteiger partial charge in [-0.1, -0.05) is 19.9 Å². The Bertz CT molecular complexity index is 384. The van der Waals surface area contributed by atoms with E-state index in [1.165, 1.54) is 16.8 Å². The van der Waals surface area contributed by atoms with E-state index in [0.29, 0.717) is 17.9 Å². The number of rotatable bonds is 0. The van der Waals surface area contributed by atoms with Crippen molar-refractivity contribution in [3.63, 3.8) is 0 Å². The fourth-order valence-corrected chi connectivity index (χ4v) is 2.40. The molecule has 2 nitrogen and oxygen atoms in total. The molecule has 0 aliphatic carbocycles. The minimum absolute atomic E-state index is 0.521. The number of nitrogens with two attached hydrogens (primary N) is 1. The van der Waals surface area contributed by atoms with Crippen LogP contribution in [0.1, 0.15) is 37.8 Å². The predicted octanol–water partition coefficient (Wildman–Crippen LogP) is 3.13. The lowest BCUT2D eigenvalue weighted by atomic mass is 9.79. The summed E-state index contributed by atoms with van der Waals surface area (Å²) in [5.41, 5.74) is 10.7. The van der Waals surface area contributed by atoms with Gasteiger partial charge in [0.2, 0.25) is 0 Å². The van der Waals surface area contributed by atoms with Crippen molar-refractivity contribution >= 4 is 11.4 Å². The number of benzene rings is 1. The lowest BCUT2D eigenvalue weighted by molar-refractivity contribution is 0.420. The smallest absolute Gasteiger partial charge is 0.0428 e. The molecule has 0 amide bonds. The number of nitrogens with one attached hydrogen (secondary N) is 1. The van der Waals surface area contributed by atoms with Crippen LogP contribution in [0.2, 0.25) is 0 Å². The van der Waals surface area contributed by atoms with E-state index >= 15 is 0 Å². The summed E-state index contributed by atoms with van der Waals surface area (Å²) in [6, 6.07) is 4.71. The molecule has 0 fully saturated rings. The summed E-state index contributed by atoms with van der Waals surface area (Å²) in [5, 5.41) is 3.57. The van der Waals surface area contributed by atoms with Gasteiger partial charge in [0.05, 0.1) is 0 Å². The fourth-order valence-electron chi connectivity index (χ4n) is 2.40. The minimum Gasteiger partial charge on any atom is -0.398 e. The lowest BCUT2D eigenvalue weighted by Gasteiger charge is -2.36. The Morgan fingerprint density at radius 1 is 1.20 bits per heavy atom. The van der Waals surface area contributed by atoms with Gasteiger partial charge in [0.1, 0.15) is 0 Å². The first-order chi connectivity index (χ1) is 7.02. The van der Waals surface area contributed by atoms with E-state index in [9.17, 15) is 0 Å². The molecule has 82 valence electrons. The summed E-state index contributed by atoms with van der Waals surface area (Å²) < 4.78 is 0. The number of hydrogen-bond donors (Lipinski definition) is 2. The molecule has 3 unspecified atom stereocenters. The average Bonchev–Trinajstić information content (AvgIpc) is 2.21. The molecule has 1 aliphatic heterocycles. The highest BCUT2D eigenvalue weighted by Gasteiger charge is 2.29. The highest BCUT2D eigenvalue weighted by atomic mass is 14.9. The van der Waals surface area contributed by atoms with Crippen LogP contribution in [0.15, 0.2) is 12.1 Å². The van der Waals surface area contributed by atoms with Gasteiger partial charge in [-0.05, 0) is 42.9 Å². The third-order valence-electron chi connectivity index (χ3n) is 3.98. The van der Waals surface area contributed by atoms with Crippen LogP contribution in [-0.2, 0) is 0 Å². The van der Waals surface area contributed by atoms with Crippen LogP contribution in [0.5, 0.6) is 0 Å². The zero-order valence-corrected chi connectivity index (χ0v) is 9.96. The highest BCUT2D eigenvalue weighted by molar-refractivity contribution is 5.69. The maximum absolute atomic E-state index is 5.93. The second-order valence-corrected chi connectivity index (χ2v) is 4.82. The Kier molecular flexibility index (Phi) is 2.37. The Balaban J connectivity index is 2.55. The lowest BCUT2D eigenvalue weighted by Crippen LogP contribution is -2.33. The maximum atomic E-state index is 5.93. The molecule has 3 atom stereocenters. The summed E-state index contributed by atoms with van der Waals surface area (Å²) in [6.07, 6.45) is 0. The number of fused-ring (bicyclic) bond motifs is 1. The third-order valence-corrected chi connectivity index (χ3v) is 3.98. The van der Waals surface area contributed by atoms with Gasteiger partial charge in [0.25, 0.3) is 0 Å². The second-order valence-electron chi connectivity index (χ2n) is 4.82. The molecule has 1 aromatic carbocycles. The van der Waals surface area contributed by atoms with Crippen LogP contribution in [0.4, 0.5) is 11.4 Å². The molecule has 3 N–H and O–H groups in total. The molecule has 0 bridgehead atoms. The van der Waals surface area contributed by atoms with Crippen LogP contribution in [0.3, 0.4) is 0 Å². The van der Waals surface area contributed by atoms with Crippen molar-refractivity contribution in [2.45, 2.75) is 39.7 Å². The minimum atomic E-state index is 0.521. The number of hydrogen-bond acceptors (Lipinski definition) is 2. The molecule has 0 aromatic heterocycles. The van der Waals surface area contributed by atoms with Gasteiger partial charge in [0.15, 0.2) is 0 Å². The molecule has 2 rings (SSSR count). The SMILES string of the molecule is Cc1c(N)ccc2c1NC(C)C(C)C2C. The first kappa shape index (κ1) is 10.3. The van der Waals surface area contributed by atoms with E-state index in [1.54, 1.807) is 0 Å². The van der Waals surface area contributed by atoms with Crippen molar-refractivity contribution in [1.82, 2.24) is 0 Å². The van der Waals surface area contributed by atoms with E-state index in [0.717, 1.165) is 5.69 Å². The summed E-state index contributed by atoms with van der Waals surface area (Å²) in [4.78, 5) is 0. The molecule has 0 saturated heterocycles. The Hall–Kier alpha value is -1.18. The second kappa shape index (κ2) is 3.44. The van der Waals surface area contributed by atoms with Gasteiger partial charge in [-0.25, -0.2) is 0 Å². The zero-order chi connectivity index (χ0) is 11.2. The van der Waals surface area contributed by atoms with E-state index < -0.39 is 0 Å². The highest BCUT2D eigenvalue weighted by Crippen LogP contribution is 2.40. The van der Waals surface area contributed by atoms with Crippen LogP contribution in [0, 0.1) is 12.8 Å². The van der Waals surface area contributed by atoms with Crippen molar-refractivity contribution in [2.24, 2.45) is 5.92 Å². The molecule has 15 heavy (non-hydrogen) atoms. The average molecular weight is 204 g/mol. The van der Waals surface area contributed by atoms with Crippen LogP contribution < -0.4 is 11.1 Å². The van der Waals surface area contributed by atoms with Gasteiger partial charge in [-0.15, -0.1) is 0 Å². The summed E-state index contributed by atoms with van der Waals surface area (Å²) in [6.45, 7) is 8.94. The zero-order valence-electron chi connectivity index (χ0n) is 9.96. The Morgan fingerprint density at radius 3 is 2.53 bits per heavy atom. The van der Waals surface area contributed by atoms with Crippen molar-refractivity contribution in [3.05, 3.63) is 23.3 Å². The number of anilines is 2. The van der Waals surface area contributed by atoms with Crippen LogP contribution in [-0.4, -0.2) is 6.04 Å². The molecule has 0 spiro atoms. The third kappa shape index (κ3) is 1.48. The molecule has 2 heteroatoms. The van der Waals surface area contributed by atoms with E-state index in [-0.39, 0.29) is 0 Å². The molecular formula is C13H20N2. The normalized spacial score (nSPS) is 29.5. The standard InChI is InChI=1S/C13H20N2/c1-7-8(2)11-5-6-12(14)9(3)13(11)15-10(7)4/h5-8,10,15H,14H2,1-4H3. The van der Waals surface area contributed by atoms with Gasteiger partial charge in [-0.2, -0.15) is 0 Å². The summed E-state index contributed by atoms with van der Waals surface area (Å²) >= 11 is 0. The van der Waals surface area contributed by atoms with E-state index in [1.807, 2.05) is 6.07 Å². The van der Waals surface area contributed by atoms with E-state index in [4.69, 9.17) is 5.73 Å². The molecule has 0 radical (unpaired) electrons. The van der Waals surface area contributed by atoms with Crippen molar-refractivity contribution in [3.8, 4) is 0 Å². The topological polar surface area (TPSA) is 38.0 Å². The monoisotopic (exact) mass is 204 g/mol. The molecule has 1 aromatic rings. The Morgan fingerprint density at radius 2 is 1.87 bits per heavy atom. The van der Waals surface area contributed by atoms with Gasteiger partial charge < -0.3 is 11.1 Å². The molecule has 1 heterocycles. The first-order valence-electron chi connectivity index (χ1n) is 5.68. The van der Waals surface area contributed by atoms with Gasteiger partial charge in [-0.3, -0.25) is 0 Å². The van der Waals surface area contributed by atoms with Gasteiger partial charge >= 0.3 is 0 Å². The predicted molar refractivity (Wildman–Crippen MR) is 66.3 cm³/mol. The fraction of sp³-hybridized carbons (Fsp3) is 0.538. The maximum Gasteiger partial charge on any atom is 0.0428 e. The van der Waals surface area contributed by atoms with E-state index in [2.05, 4.69) is 39.1 Å². The first-order valence-corrected chi connectivity index (χ1v) is 5.68. The van der Waals surface area contributed by atoms with Crippen LogP contribution in [0.25, 0.3) is 0 Å². The molecule has 0 saturated carbocycles. The Labute approximate surface area is 91.9 Å². The summed E-state index contributed by atoms with van der Waals surface area (Å²) in [5.74, 6) is 1.27. The molecular weight excluding hydrogens is 184 g/mol. The van der Waals surface area contributed by atoms with Crippen molar-refractivity contribution in [1.29, 1.82) is 0 Å². The van der Waals surface area contributed by atoms with Crippen molar-refractivity contribution in [2.75, 3.05) is 11.1 Å². The quantitative estimate of drug-likeness (QED) is 0.637. The van der Waals surface area contributed by atoms with Crippen LogP contribution >= 0.6 is 0 Å². The summed E-state index contributed by atoms with van der Waals surface area (Å²) in [7, 11) is 0. The largest absolute Gasteiger partial charge is 0.398 e.